The van der Waals surface area contributed by atoms with E-state index in [2.05, 4.69) is 81.5 Å². The average Bonchev–Trinajstić information content (AvgIpc) is 1.60. The van der Waals surface area contributed by atoms with E-state index >= 15 is 0 Å². The molecule has 28 nitrogen and oxygen atoms in total. The van der Waals surface area contributed by atoms with E-state index in [0.717, 1.165) is 36.4 Å². The highest BCUT2D eigenvalue weighted by Crippen LogP contribution is 2.46. The Labute approximate surface area is 718 Å². The molecule has 0 radical (unpaired) electrons. The van der Waals surface area contributed by atoms with E-state index in [0.29, 0.717) is 99.2 Å². The highest BCUT2D eigenvalue weighted by atomic mass is 35.7. The lowest BCUT2D eigenvalue weighted by Crippen LogP contribution is -2.27. The molecule has 14 aromatic rings. The fourth-order valence-corrected chi connectivity index (χ4v) is 17.9. The van der Waals surface area contributed by atoms with Crippen molar-refractivity contribution in [1.82, 2.24) is 79.0 Å². The topological polar surface area (TPSA) is 395 Å². The molecule has 0 saturated carbocycles. The first-order valence-electron chi connectivity index (χ1n) is 37.3. The smallest absolute Gasteiger partial charge is 0.383 e. The molecule has 1 atom stereocenters. The molecule has 5 aliphatic heterocycles. The molecule has 0 saturated heterocycles. The third-order valence-electron chi connectivity index (χ3n) is 21.7. The molecule has 14 heterocycles. The molecule has 12 N–H and O–H groups in total. The maximum Gasteiger partial charge on any atom is 0.389 e. The van der Waals surface area contributed by atoms with Crippen molar-refractivity contribution in [2.75, 3.05) is 44.2 Å². The number of anilines is 8. The minimum atomic E-state index is -4.32. The Morgan fingerprint density at radius 1 is 0.424 bits per heavy atom. The maximum absolute atomic E-state index is 14.3. The summed E-state index contributed by atoms with van der Waals surface area (Å²) in [6.45, 7) is 13.7. The van der Waals surface area contributed by atoms with Crippen molar-refractivity contribution in [1.29, 1.82) is 0 Å². The maximum atomic E-state index is 14.3. The van der Waals surface area contributed by atoms with Gasteiger partial charge in [0.05, 0.1) is 88.9 Å². The molecule has 1 unspecified atom stereocenters. The van der Waals surface area contributed by atoms with Crippen LogP contribution in [-0.4, -0.2) is 114 Å². The minimum absolute atomic E-state index is 0.0445. The van der Waals surface area contributed by atoms with E-state index < -0.39 is 113 Å². The first-order chi connectivity index (χ1) is 58.8. The molecule has 5 aromatic carbocycles. The second-order valence-electron chi connectivity index (χ2n) is 31.4. The van der Waals surface area contributed by atoms with Crippen molar-refractivity contribution in [2.45, 2.75) is 121 Å². The van der Waals surface area contributed by atoms with Crippen LogP contribution in [-0.2, 0) is 72.3 Å². The largest absolute Gasteiger partial charge is 0.389 e. The van der Waals surface area contributed by atoms with Gasteiger partial charge in [-0.3, -0.25) is 19.2 Å². The van der Waals surface area contributed by atoms with Crippen LogP contribution in [0.15, 0.2) is 83.6 Å². The third kappa shape index (κ3) is 15.1. The summed E-state index contributed by atoms with van der Waals surface area (Å²) in [5, 5.41) is 35.9. The third-order valence-corrected chi connectivity index (χ3v) is 24.5. The van der Waals surface area contributed by atoms with E-state index in [1.165, 1.54) is 30.1 Å². The lowest BCUT2D eigenvalue weighted by Gasteiger charge is -2.16. The number of alkyl halides is 3. The number of benzene rings is 5. The number of nitrogens with two attached hydrogens (primary N) is 4. The highest BCUT2D eigenvalue weighted by Gasteiger charge is 2.47. The lowest BCUT2D eigenvalue weighted by molar-refractivity contribution is -0.134. The number of rotatable bonds is 12. The van der Waals surface area contributed by atoms with Gasteiger partial charge in [0, 0.05) is 97.1 Å². The fourth-order valence-electron chi connectivity index (χ4n) is 15.0. The summed E-state index contributed by atoms with van der Waals surface area (Å²) in [6.07, 6.45) is -6.57. The van der Waals surface area contributed by atoms with Crippen LogP contribution in [0.2, 0.25) is 10.0 Å². The Bertz CT molecular complexity index is 7050. The predicted molar refractivity (Wildman–Crippen MR) is 445 cm³/mol. The highest BCUT2D eigenvalue weighted by molar-refractivity contribution is 8.34. The van der Waals surface area contributed by atoms with Gasteiger partial charge in [-0.15, -0.1) is 11.3 Å². The molecule has 0 bridgehead atoms. The fraction of sp³-hybridized carbons (Fsp3) is 0.237. The standard InChI is InChI=1S/C22H16ClF3N6O.C20H16ClF3N6OS.C20H15F3N6OS.C18H16ClF3N6O/c1-22(2)16-18(27)28-21(30-19(16)29-20(22)33)32-15-6-3-9(23)7-11(15)14(31-32)8-10-12(24)4-5-13(25)17(10)26;1-20(2)14-16(25)26-19(28-17(14)27-18(20)31)30-13-7-32(21)6-9(13)12(29-30)5-8-10(22)3-4-11(23)15(8)24;1-20(2)14-16(24)25-19(27-17(14)26-18(20)30)29-13-7-31-6-9(13)12(28-29)5-8-10(21)3-4-11(22)15(8)23;1-17(2)12-13(23)24-16(26-14(12)25-15(17)29)28-11-4-3-8(19)7-9(11)10(27-28)5-6-18(20,21)22/h3-7H,8H2,1-2H3,(H3,27,28,29,30,33);3-4,6H,5,7H2,1-2H3,(H3,25,26,27,28,31);3-4,6-7H,5H2,1-2H3,(H3,24,25,26,27,30);3-4,7H,5-6H2,1-2H3,(H3,23,24,25,26,29). The molecule has 9 aromatic heterocycles. The number of amides is 4. The Balaban J connectivity index is 0.000000123. The predicted octanol–water partition coefficient (Wildman–Crippen LogP) is 15.3. The molecule has 125 heavy (non-hydrogen) atoms. The van der Waals surface area contributed by atoms with Gasteiger partial charge in [0.2, 0.25) is 23.6 Å². The molecule has 0 spiro atoms. The van der Waals surface area contributed by atoms with Gasteiger partial charge >= 0.3 is 6.18 Å². The van der Waals surface area contributed by atoms with E-state index in [-0.39, 0.29) is 125 Å². The summed E-state index contributed by atoms with van der Waals surface area (Å²) in [6, 6.07) is 14.4. The molecule has 0 aliphatic carbocycles. The van der Waals surface area contributed by atoms with Gasteiger partial charge in [0.1, 0.15) is 64.0 Å². The van der Waals surface area contributed by atoms with Gasteiger partial charge in [0.25, 0.3) is 23.8 Å². The number of fused-ring (bicyclic) bond motifs is 8. The number of halogens is 15. The second kappa shape index (κ2) is 31.1. The van der Waals surface area contributed by atoms with Crippen molar-refractivity contribution >= 4 is 163 Å². The Morgan fingerprint density at radius 3 is 1.12 bits per heavy atom. The second-order valence-corrected chi connectivity index (χ2v) is 35.4. The Morgan fingerprint density at radius 2 is 0.744 bits per heavy atom. The van der Waals surface area contributed by atoms with Crippen molar-refractivity contribution in [3.05, 3.63) is 219 Å². The van der Waals surface area contributed by atoms with Gasteiger partial charge in [0.15, 0.2) is 34.9 Å². The molecule has 644 valence electrons. The molecular formula is C80H63Cl3F12N24O4S2. The van der Waals surface area contributed by atoms with E-state index in [9.17, 15) is 71.9 Å². The van der Waals surface area contributed by atoms with Crippen LogP contribution in [0, 0.1) is 52.4 Å². The number of hydrogen-bond donors (Lipinski definition) is 8. The molecule has 0 fully saturated rings. The number of carbonyl (C=O) groups is 4. The number of aromatic nitrogens is 16. The molecule has 5 aliphatic rings. The quantitative estimate of drug-likeness (QED) is 0.0320. The summed E-state index contributed by atoms with van der Waals surface area (Å²) in [7, 11) is 5.66. The Kier molecular flexibility index (Phi) is 21.3. The lowest BCUT2D eigenvalue weighted by atomic mass is 9.87. The zero-order chi connectivity index (χ0) is 89.8. The number of nitrogens with zero attached hydrogens (tertiary/aromatic N) is 16. The monoisotopic (exact) mass is 1820 g/mol. The normalized spacial score (nSPS) is 15.8. The SMILES string of the molecule is CC1(C)C(=O)Nc2nc(-n3nc(CCC(F)(F)F)c4cc(Cl)ccc43)nc(N)c21.CC1(C)C(=O)Nc2nc(-n3nc(Cc4c(F)ccc(F)c4F)c4c3CS(Cl)=C4)nc(N)c21.CC1(C)C(=O)Nc2nc(-n3nc(Cc4c(F)ccc(F)c4F)c4cc(Cl)ccc43)nc(N)c21.CC1(C)C(=O)Nc2nc(-n3nc(Cc4c(F)ccc(F)c4F)c4cscc43)nc(N)c21. The van der Waals surface area contributed by atoms with Crippen LogP contribution in [0.1, 0.15) is 135 Å². The Hall–Kier alpha value is -12.9. The number of carbonyl (C=O) groups excluding carboxylic acids is 4. The van der Waals surface area contributed by atoms with Crippen molar-refractivity contribution < 1.29 is 71.9 Å². The molecule has 19 rings (SSSR count). The first kappa shape index (κ1) is 85.6. The van der Waals surface area contributed by atoms with Crippen LogP contribution in [0.4, 0.5) is 99.2 Å². The first-order valence-corrected chi connectivity index (χ1v) is 41.3. The summed E-state index contributed by atoms with van der Waals surface area (Å²) in [5.41, 5.74) is 25.4. The van der Waals surface area contributed by atoms with Crippen molar-refractivity contribution in [3.8, 4) is 23.8 Å². The van der Waals surface area contributed by atoms with Gasteiger partial charge in [-0.1, -0.05) is 43.6 Å². The van der Waals surface area contributed by atoms with Gasteiger partial charge in [-0.25, -0.2) is 44.2 Å². The van der Waals surface area contributed by atoms with Crippen LogP contribution in [0.3, 0.4) is 0 Å². The van der Waals surface area contributed by atoms with Crippen molar-refractivity contribution in [3.63, 3.8) is 0 Å². The van der Waals surface area contributed by atoms with Gasteiger partial charge in [-0.2, -0.15) is 87.5 Å². The number of thiophene rings is 1. The average molecular weight is 1820 g/mol. The number of nitrogen functional groups attached to an aromatic ring is 4. The van der Waals surface area contributed by atoms with E-state index in [1.807, 2.05) is 0 Å². The summed E-state index contributed by atoms with van der Waals surface area (Å²) in [5.74, 6) is -8.72. The summed E-state index contributed by atoms with van der Waals surface area (Å²) < 4.78 is 170. The van der Waals surface area contributed by atoms with Crippen LogP contribution < -0.4 is 44.2 Å². The van der Waals surface area contributed by atoms with E-state index in [4.69, 9.17) is 56.8 Å². The zero-order valence-corrected chi connectivity index (χ0v) is 69.9. The summed E-state index contributed by atoms with van der Waals surface area (Å²) in [4.78, 5) is 83.9. The number of aryl methyl sites for hydroxylation is 1. The number of hydrogen-bond acceptors (Lipinski definition) is 21. The van der Waals surface area contributed by atoms with Gasteiger partial charge < -0.3 is 44.2 Å². The van der Waals surface area contributed by atoms with Crippen LogP contribution in [0.25, 0.3) is 56.5 Å². The number of nitrogens with one attached hydrogen (secondary N) is 4. The molecule has 4 amide bonds. The van der Waals surface area contributed by atoms with E-state index in [1.54, 1.807) is 108 Å². The van der Waals surface area contributed by atoms with Crippen LogP contribution >= 0.6 is 54.9 Å². The zero-order valence-electron chi connectivity index (χ0n) is 66.0. The summed E-state index contributed by atoms with van der Waals surface area (Å²) >= 11 is 13.5. The van der Waals surface area contributed by atoms with Gasteiger partial charge in [-0.05, 0) is 134 Å². The molecule has 45 heteroatoms. The van der Waals surface area contributed by atoms with Crippen LogP contribution in [0.5, 0.6) is 0 Å². The van der Waals surface area contributed by atoms with Crippen molar-refractivity contribution in [2.24, 2.45) is 0 Å². The molecular weight excluding hydrogens is 1760 g/mol. The minimum Gasteiger partial charge on any atom is -0.383 e.